The van der Waals surface area contributed by atoms with Crippen LogP contribution in [0.3, 0.4) is 0 Å². The molecule has 0 spiro atoms. The number of nitrogens with two attached hydrogens (primary N) is 1. The lowest BCUT2D eigenvalue weighted by molar-refractivity contribution is 0.103. The minimum absolute atomic E-state index is 0.112. The molecule has 0 aliphatic rings. The number of thiophene rings is 1. The lowest BCUT2D eigenvalue weighted by atomic mass is 10.2. The van der Waals surface area contributed by atoms with Crippen LogP contribution in [0.4, 0.5) is 11.4 Å². The molecule has 0 saturated heterocycles. The molecule has 0 radical (unpaired) electrons. The van der Waals surface area contributed by atoms with Crippen LogP contribution in [0.25, 0.3) is 0 Å². The Morgan fingerprint density at radius 2 is 2.00 bits per heavy atom. The van der Waals surface area contributed by atoms with Crippen molar-refractivity contribution in [3.8, 4) is 0 Å². The van der Waals surface area contributed by atoms with E-state index in [2.05, 4.69) is 5.32 Å². The van der Waals surface area contributed by atoms with Crippen LogP contribution in [-0.2, 0) is 0 Å². The van der Waals surface area contributed by atoms with E-state index in [1.165, 1.54) is 11.3 Å². The van der Waals surface area contributed by atoms with E-state index in [-0.39, 0.29) is 5.91 Å². The van der Waals surface area contributed by atoms with Crippen molar-refractivity contribution in [3.05, 3.63) is 45.6 Å². The van der Waals surface area contributed by atoms with Gasteiger partial charge in [-0.2, -0.15) is 0 Å². The van der Waals surface area contributed by atoms with E-state index < -0.39 is 0 Å². The van der Waals surface area contributed by atoms with Gasteiger partial charge in [-0.3, -0.25) is 4.79 Å². The Labute approximate surface area is 104 Å². The molecule has 2 rings (SSSR count). The van der Waals surface area contributed by atoms with Gasteiger partial charge in [0, 0.05) is 4.88 Å². The Bertz CT molecular complexity index is 560. The molecule has 4 heteroatoms. The molecule has 1 aromatic carbocycles. The fourth-order valence-corrected chi connectivity index (χ4v) is 2.30. The first kappa shape index (κ1) is 11.7. The number of carbonyl (C=O) groups is 1. The van der Waals surface area contributed by atoms with Crippen LogP contribution >= 0.6 is 11.3 Å². The normalized spacial score (nSPS) is 10.2. The van der Waals surface area contributed by atoms with Crippen molar-refractivity contribution in [2.75, 3.05) is 11.1 Å². The van der Waals surface area contributed by atoms with Crippen LogP contribution in [0.1, 0.15) is 20.1 Å². The highest BCUT2D eigenvalue weighted by atomic mass is 32.1. The first-order valence-corrected chi connectivity index (χ1v) is 6.12. The average Bonchev–Trinajstić information content (AvgIpc) is 2.69. The second kappa shape index (κ2) is 4.59. The lowest BCUT2D eigenvalue weighted by Gasteiger charge is -2.07. The smallest absolute Gasteiger partial charge is 0.265 e. The molecule has 1 amide bonds. The number of hydrogen-bond donors (Lipinski definition) is 2. The lowest BCUT2D eigenvalue weighted by Crippen LogP contribution is -2.11. The monoisotopic (exact) mass is 246 g/mol. The number of nitrogens with one attached hydrogen (secondary N) is 1. The molecule has 0 bridgehead atoms. The summed E-state index contributed by atoms with van der Waals surface area (Å²) in [4.78, 5) is 13.7. The van der Waals surface area contributed by atoms with Crippen LogP contribution in [-0.4, -0.2) is 5.91 Å². The van der Waals surface area contributed by atoms with Gasteiger partial charge >= 0.3 is 0 Å². The van der Waals surface area contributed by atoms with E-state index in [1.807, 2.05) is 44.2 Å². The first-order valence-electron chi connectivity index (χ1n) is 5.30. The number of rotatable bonds is 2. The van der Waals surface area contributed by atoms with Crippen molar-refractivity contribution in [1.29, 1.82) is 0 Å². The predicted octanol–water partition coefficient (Wildman–Crippen LogP) is 3.20. The van der Waals surface area contributed by atoms with Crippen LogP contribution < -0.4 is 11.1 Å². The molecule has 0 aliphatic carbocycles. The molecular formula is C13H14N2OS. The highest BCUT2D eigenvalue weighted by Gasteiger charge is 2.09. The second-order valence-corrected chi connectivity index (χ2v) is 5.24. The number of anilines is 2. The molecule has 1 aromatic heterocycles. The topological polar surface area (TPSA) is 55.1 Å². The third-order valence-corrected chi connectivity index (χ3v) is 3.42. The van der Waals surface area contributed by atoms with Gasteiger partial charge in [0.25, 0.3) is 5.91 Å². The molecule has 3 N–H and O–H groups in total. The average molecular weight is 246 g/mol. The van der Waals surface area contributed by atoms with Gasteiger partial charge in [-0.1, -0.05) is 6.07 Å². The summed E-state index contributed by atoms with van der Waals surface area (Å²) in [5.41, 5.74) is 8.17. The Hall–Kier alpha value is -1.81. The fraction of sp³-hybridized carbons (Fsp3) is 0.154. The van der Waals surface area contributed by atoms with E-state index >= 15 is 0 Å². The quantitative estimate of drug-likeness (QED) is 0.799. The number of aryl methyl sites for hydroxylation is 2. The maximum absolute atomic E-state index is 11.9. The summed E-state index contributed by atoms with van der Waals surface area (Å²) in [6.45, 7) is 3.94. The van der Waals surface area contributed by atoms with Crippen molar-refractivity contribution in [2.45, 2.75) is 13.8 Å². The van der Waals surface area contributed by atoms with E-state index in [4.69, 9.17) is 5.73 Å². The van der Waals surface area contributed by atoms with Gasteiger partial charge in [-0.15, -0.1) is 11.3 Å². The van der Waals surface area contributed by atoms with Crippen molar-refractivity contribution >= 4 is 28.6 Å². The van der Waals surface area contributed by atoms with E-state index in [9.17, 15) is 4.79 Å². The minimum atomic E-state index is -0.112. The van der Waals surface area contributed by atoms with Gasteiger partial charge in [0.1, 0.15) is 0 Å². The second-order valence-electron chi connectivity index (χ2n) is 3.96. The van der Waals surface area contributed by atoms with E-state index in [1.54, 1.807) is 0 Å². The highest BCUT2D eigenvalue weighted by molar-refractivity contribution is 7.14. The third-order valence-electron chi connectivity index (χ3n) is 2.42. The molecule has 1 heterocycles. The summed E-state index contributed by atoms with van der Waals surface area (Å²) >= 11 is 1.47. The Balaban J connectivity index is 2.18. The minimum Gasteiger partial charge on any atom is -0.397 e. The predicted molar refractivity (Wildman–Crippen MR) is 72.6 cm³/mol. The fourth-order valence-electron chi connectivity index (χ4n) is 1.54. The Morgan fingerprint density at radius 1 is 1.24 bits per heavy atom. The molecule has 0 unspecified atom stereocenters. The van der Waals surface area contributed by atoms with Crippen molar-refractivity contribution in [1.82, 2.24) is 0 Å². The van der Waals surface area contributed by atoms with Gasteiger partial charge in [0.15, 0.2) is 0 Å². The maximum Gasteiger partial charge on any atom is 0.265 e. The zero-order valence-corrected chi connectivity index (χ0v) is 10.6. The van der Waals surface area contributed by atoms with Crippen molar-refractivity contribution < 1.29 is 4.79 Å². The van der Waals surface area contributed by atoms with Crippen LogP contribution in [0.2, 0.25) is 0 Å². The van der Waals surface area contributed by atoms with Gasteiger partial charge in [-0.05, 0) is 43.7 Å². The van der Waals surface area contributed by atoms with Crippen LogP contribution in [0.15, 0.2) is 30.3 Å². The molecule has 17 heavy (non-hydrogen) atoms. The Kier molecular flexibility index (Phi) is 3.15. The zero-order chi connectivity index (χ0) is 12.4. The van der Waals surface area contributed by atoms with E-state index in [0.29, 0.717) is 16.3 Å². The summed E-state index contributed by atoms with van der Waals surface area (Å²) in [6, 6.07) is 9.34. The molecule has 0 aliphatic heterocycles. The van der Waals surface area contributed by atoms with Gasteiger partial charge in [-0.25, -0.2) is 0 Å². The largest absolute Gasteiger partial charge is 0.397 e. The van der Waals surface area contributed by atoms with Gasteiger partial charge in [0.2, 0.25) is 0 Å². The van der Waals surface area contributed by atoms with Gasteiger partial charge < -0.3 is 11.1 Å². The maximum atomic E-state index is 11.9. The molecule has 0 fully saturated rings. The number of carbonyl (C=O) groups excluding carboxylic acids is 1. The molecule has 2 aromatic rings. The molecule has 0 saturated carbocycles. The highest BCUT2D eigenvalue weighted by Crippen LogP contribution is 2.22. The summed E-state index contributed by atoms with van der Waals surface area (Å²) in [6.07, 6.45) is 0. The van der Waals surface area contributed by atoms with E-state index in [0.717, 1.165) is 10.4 Å². The summed E-state index contributed by atoms with van der Waals surface area (Å²) < 4.78 is 0. The van der Waals surface area contributed by atoms with Crippen molar-refractivity contribution in [3.63, 3.8) is 0 Å². The number of benzene rings is 1. The molecular weight excluding hydrogens is 232 g/mol. The molecule has 88 valence electrons. The van der Waals surface area contributed by atoms with Crippen LogP contribution in [0.5, 0.6) is 0 Å². The standard InChI is InChI=1S/C13H14N2OS/c1-8-3-5-11(10(14)7-8)15-13(16)12-6-4-9(2)17-12/h3-7H,14H2,1-2H3,(H,15,16). The number of nitrogen functional groups attached to an aromatic ring is 1. The first-order chi connectivity index (χ1) is 8.06. The zero-order valence-electron chi connectivity index (χ0n) is 9.78. The SMILES string of the molecule is Cc1ccc(NC(=O)c2ccc(C)s2)c(N)c1. The molecule has 0 atom stereocenters. The number of amides is 1. The summed E-state index contributed by atoms with van der Waals surface area (Å²) in [7, 11) is 0. The number of hydrogen-bond acceptors (Lipinski definition) is 3. The Morgan fingerprint density at radius 3 is 2.59 bits per heavy atom. The summed E-state index contributed by atoms with van der Waals surface area (Å²) in [5.74, 6) is -0.112. The van der Waals surface area contributed by atoms with Gasteiger partial charge in [0.05, 0.1) is 16.3 Å². The molecule has 3 nitrogen and oxygen atoms in total. The summed E-state index contributed by atoms with van der Waals surface area (Å²) in [5, 5.41) is 2.81. The third kappa shape index (κ3) is 2.65. The van der Waals surface area contributed by atoms with Crippen molar-refractivity contribution in [2.24, 2.45) is 0 Å². The van der Waals surface area contributed by atoms with Crippen LogP contribution in [0, 0.1) is 13.8 Å².